The van der Waals surface area contributed by atoms with E-state index in [4.69, 9.17) is 5.11 Å². The molecule has 0 spiro atoms. The Morgan fingerprint density at radius 2 is 1.70 bits per heavy atom. The maximum atomic E-state index is 13.6. The van der Waals surface area contributed by atoms with Crippen molar-refractivity contribution in [3.8, 4) is 0 Å². The second kappa shape index (κ2) is 5.87. The fourth-order valence-corrected chi connectivity index (χ4v) is 2.13. The Morgan fingerprint density at radius 1 is 1.25 bits per heavy atom. The topological polar surface area (TPSA) is 66.4 Å². The van der Waals surface area contributed by atoms with Gasteiger partial charge in [-0.3, -0.25) is 9.59 Å². The molecule has 0 heterocycles. The summed E-state index contributed by atoms with van der Waals surface area (Å²) in [5, 5.41) is 11.1. The average molecular weight is 350 g/mol. The largest absolute Gasteiger partial charge is 0.481 e. The van der Waals surface area contributed by atoms with Crippen LogP contribution in [0.5, 0.6) is 0 Å². The van der Waals surface area contributed by atoms with Crippen molar-refractivity contribution >= 4 is 33.5 Å². The molecule has 1 aromatic carbocycles. The third-order valence-corrected chi connectivity index (χ3v) is 3.09. The molecule has 1 amide bonds. The lowest BCUT2D eigenvalue weighted by Crippen LogP contribution is -2.39. The number of nitrogens with one attached hydrogen (secondary N) is 1. The number of carboxylic acids is 1. The minimum atomic E-state index is -1.43. The van der Waals surface area contributed by atoms with Crippen molar-refractivity contribution in [3.05, 3.63) is 28.2 Å². The van der Waals surface area contributed by atoms with Crippen LogP contribution in [0.25, 0.3) is 0 Å². The molecule has 0 aliphatic carbocycles. The standard InChI is InChI=1S/C13H14BrF2NO3/c1-13(2,3)9(12(19)20)11(18)17-10-7(15)4-6(14)5-8(10)16/h4-5,9H,1-3H3,(H,17,18)(H,19,20). The van der Waals surface area contributed by atoms with Crippen LogP contribution >= 0.6 is 15.9 Å². The van der Waals surface area contributed by atoms with E-state index < -0.39 is 40.5 Å². The van der Waals surface area contributed by atoms with Gasteiger partial charge < -0.3 is 10.4 Å². The van der Waals surface area contributed by atoms with E-state index in [-0.39, 0.29) is 4.47 Å². The number of carbonyl (C=O) groups excluding carboxylic acids is 1. The van der Waals surface area contributed by atoms with Crippen molar-refractivity contribution in [1.29, 1.82) is 0 Å². The maximum absolute atomic E-state index is 13.6. The van der Waals surface area contributed by atoms with Crippen LogP contribution in [0.2, 0.25) is 0 Å². The Bertz CT molecular complexity index is 532. The van der Waals surface area contributed by atoms with Crippen LogP contribution in [0.3, 0.4) is 0 Å². The molecule has 2 N–H and O–H groups in total. The van der Waals surface area contributed by atoms with Crippen LogP contribution < -0.4 is 5.32 Å². The number of carbonyl (C=O) groups is 2. The first-order valence-corrected chi connectivity index (χ1v) is 6.51. The SMILES string of the molecule is CC(C)(C)C(C(=O)O)C(=O)Nc1c(F)cc(Br)cc1F. The van der Waals surface area contributed by atoms with E-state index in [1.165, 1.54) is 0 Å². The number of halogens is 3. The number of anilines is 1. The van der Waals surface area contributed by atoms with Gasteiger partial charge in [-0.25, -0.2) is 8.78 Å². The smallest absolute Gasteiger partial charge is 0.316 e. The lowest BCUT2D eigenvalue weighted by molar-refractivity contribution is -0.149. The molecule has 1 rings (SSSR count). The summed E-state index contributed by atoms with van der Waals surface area (Å²) >= 11 is 2.91. The molecule has 4 nitrogen and oxygen atoms in total. The van der Waals surface area contributed by atoms with Gasteiger partial charge in [0.05, 0.1) is 0 Å². The lowest BCUT2D eigenvalue weighted by atomic mass is 9.80. The molecule has 0 fully saturated rings. The normalized spacial score (nSPS) is 12.9. The highest BCUT2D eigenvalue weighted by molar-refractivity contribution is 9.10. The molecule has 20 heavy (non-hydrogen) atoms. The summed E-state index contributed by atoms with van der Waals surface area (Å²) in [6, 6.07) is 1.96. The predicted octanol–water partition coefficient (Wildman–Crippen LogP) is 3.41. The summed E-state index contributed by atoms with van der Waals surface area (Å²) in [6.45, 7) is 4.67. The second-order valence-corrected chi connectivity index (χ2v) is 6.29. The summed E-state index contributed by atoms with van der Waals surface area (Å²) < 4.78 is 27.4. The summed E-state index contributed by atoms with van der Waals surface area (Å²) in [5.74, 6) is -5.71. The molecule has 1 aromatic rings. The molecule has 1 atom stereocenters. The van der Waals surface area contributed by atoms with Crippen molar-refractivity contribution in [2.24, 2.45) is 11.3 Å². The highest BCUT2D eigenvalue weighted by atomic mass is 79.9. The van der Waals surface area contributed by atoms with E-state index in [0.717, 1.165) is 12.1 Å². The zero-order chi connectivity index (χ0) is 15.7. The molecule has 0 bridgehead atoms. The molecule has 0 saturated carbocycles. The number of aliphatic carboxylic acids is 1. The summed E-state index contributed by atoms with van der Waals surface area (Å²) in [5.41, 5.74) is -1.55. The monoisotopic (exact) mass is 349 g/mol. The molecule has 0 saturated heterocycles. The van der Waals surface area contributed by atoms with Crippen LogP contribution in [-0.4, -0.2) is 17.0 Å². The van der Waals surface area contributed by atoms with Gasteiger partial charge in [0.25, 0.3) is 0 Å². The fourth-order valence-electron chi connectivity index (χ4n) is 1.73. The molecule has 110 valence electrons. The van der Waals surface area contributed by atoms with Crippen LogP contribution in [-0.2, 0) is 9.59 Å². The predicted molar refractivity (Wildman–Crippen MR) is 73.3 cm³/mol. The highest BCUT2D eigenvalue weighted by Gasteiger charge is 2.38. The van der Waals surface area contributed by atoms with Crippen molar-refractivity contribution in [1.82, 2.24) is 0 Å². The maximum Gasteiger partial charge on any atom is 0.316 e. The third-order valence-electron chi connectivity index (χ3n) is 2.63. The van der Waals surface area contributed by atoms with E-state index in [1.807, 2.05) is 5.32 Å². The molecule has 0 aromatic heterocycles. The molecular formula is C13H14BrF2NO3. The van der Waals surface area contributed by atoms with Crippen molar-refractivity contribution in [2.45, 2.75) is 20.8 Å². The highest BCUT2D eigenvalue weighted by Crippen LogP contribution is 2.29. The van der Waals surface area contributed by atoms with Crippen LogP contribution in [0, 0.1) is 23.0 Å². The van der Waals surface area contributed by atoms with Gasteiger partial charge in [0, 0.05) is 4.47 Å². The van der Waals surface area contributed by atoms with Crippen molar-refractivity contribution in [3.63, 3.8) is 0 Å². The zero-order valence-corrected chi connectivity index (χ0v) is 12.7. The van der Waals surface area contributed by atoms with E-state index in [9.17, 15) is 18.4 Å². The molecule has 0 radical (unpaired) electrons. The van der Waals surface area contributed by atoms with Gasteiger partial charge in [0.15, 0.2) is 11.6 Å². The van der Waals surface area contributed by atoms with Gasteiger partial charge in [-0.2, -0.15) is 0 Å². The number of benzene rings is 1. The van der Waals surface area contributed by atoms with Gasteiger partial charge in [-0.05, 0) is 17.5 Å². The zero-order valence-electron chi connectivity index (χ0n) is 11.1. The molecule has 7 heteroatoms. The molecule has 0 aliphatic rings. The van der Waals surface area contributed by atoms with E-state index in [1.54, 1.807) is 20.8 Å². The summed E-state index contributed by atoms with van der Waals surface area (Å²) in [6.07, 6.45) is 0. The van der Waals surface area contributed by atoms with Gasteiger partial charge in [0.2, 0.25) is 5.91 Å². The Kier molecular flexibility index (Phi) is 4.86. The minimum Gasteiger partial charge on any atom is -0.481 e. The first-order valence-electron chi connectivity index (χ1n) is 5.72. The Balaban J connectivity index is 3.10. The quantitative estimate of drug-likeness (QED) is 0.821. The molecular weight excluding hydrogens is 336 g/mol. The average Bonchev–Trinajstić information content (AvgIpc) is 2.20. The van der Waals surface area contributed by atoms with E-state index in [0.29, 0.717) is 0 Å². The summed E-state index contributed by atoms with van der Waals surface area (Å²) in [4.78, 5) is 23.1. The van der Waals surface area contributed by atoms with Crippen LogP contribution in [0.1, 0.15) is 20.8 Å². The Morgan fingerprint density at radius 3 is 2.05 bits per heavy atom. The second-order valence-electron chi connectivity index (χ2n) is 5.37. The minimum absolute atomic E-state index is 0.177. The number of rotatable bonds is 3. The van der Waals surface area contributed by atoms with Crippen molar-refractivity contribution in [2.75, 3.05) is 5.32 Å². The molecule has 1 unspecified atom stereocenters. The summed E-state index contributed by atoms with van der Waals surface area (Å²) in [7, 11) is 0. The van der Waals surface area contributed by atoms with Crippen molar-refractivity contribution < 1.29 is 23.5 Å². The van der Waals surface area contributed by atoms with Gasteiger partial charge in [-0.1, -0.05) is 36.7 Å². The number of hydrogen-bond acceptors (Lipinski definition) is 2. The Labute approximate surface area is 123 Å². The van der Waals surface area contributed by atoms with E-state index in [2.05, 4.69) is 15.9 Å². The first-order chi connectivity index (χ1) is 9.04. The van der Waals surface area contributed by atoms with Gasteiger partial charge in [-0.15, -0.1) is 0 Å². The molecule has 0 aliphatic heterocycles. The number of carboxylic acid groups (broad SMARTS) is 1. The number of amides is 1. The lowest BCUT2D eigenvalue weighted by Gasteiger charge is -2.26. The fraction of sp³-hybridized carbons (Fsp3) is 0.385. The van der Waals surface area contributed by atoms with E-state index >= 15 is 0 Å². The van der Waals surface area contributed by atoms with Crippen LogP contribution in [0.15, 0.2) is 16.6 Å². The van der Waals surface area contributed by atoms with Gasteiger partial charge >= 0.3 is 5.97 Å². The van der Waals surface area contributed by atoms with Crippen LogP contribution in [0.4, 0.5) is 14.5 Å². The first kappa shape index (κ1) is 16.6. The number of hydrogen-bond donors (Lipinski definition) is 2. The third kappa shape index (κ3) is 3.75. The Hall–Kier alpha value is -1.50. The van der Waals surface area contributed by atoms with Gasteiger partial charge in [0.1, 0.15) is 11.6 Å².